The van der Waals surface area contributed by atoms with E-state index in [1.165, 1.54) is 25.3 Å². The van der Waals surface area contributed by atoms with Crippen LogP contribution in [0.1, 0.15) is 59.5 Å². The molecule has 2 N–H and O–H groups in total. The van der Waals surface area contributed by atoms with Crippen LogP contribution in [0.2, 0.25) is 0 Å². The first-order chi connectivity index (χ1) is 14.5. The Morgan fingerprint density at radius 3 is 2.39 bits per heavy atom. The van der Waals surface area contributed by atoms with E-state index in [1.54, 1.807) is 15.5 Å². The molecule has 3 heterocycles. The highest BCUT2D eigenvalue weighted by molar-refractivity contribution is 5.97. The van der Waals surface area contributed by atoms with Crippen molar-refractivity contribution >= 4 is 17.6 Å². The summed E-state index contributed by atoms with van der Waals surface area (Å²) in [7, 11) is 0. The zero-order chi connectivity index (χ0) is 22.7. The number of halogens is 1. The first kappa shape index (κ1) is 21.1. The third-order valence-corrected chi connectivity index (χ3v) is 6.36. The predicted molar refractivity (Wildman–Crippen MR) is 114 cm³/mol. The number of rotatable bonds is 4. The molecule has 2 aromatic rings. The van der Waals surface area contributed by atoms with Gasteiger partial charge < -0.3 is 19.7 Å². The van der Waals surface area contributed by atoms with Crippen molar-refractivity contribution in [3.8, 4) is 11.3 Å². The van der Waals surface area contributed by atoms with Crippen LogP contribution >= 0.6 is 0 Å². The van der Waals surface area contributed by atoms with Crippen LogP contribution < -0.4 is 10.3 Å². The van der Waals surface area contributed by atoms with Gasteiger partial charge in [0.1, 0.15) is 11.2 Å². The van der Waals surface area contributed by atoms with Crippen molar-refractivity contribution in [1.82, 2.24) is 4.57 Å². The van der Waals surface area contributed by atoms with Gasteiger partial charge in [0.2, 0.25) is 0 Å². The molecule has 2 atom stereocenters. The summed E-state index contributed by atoms with van der Waals surface area (Å²) in [6.45, 7) is 6.10. The van der Waals surface area contributed by atoms with Gasteiger partial charge in [-0.25, -0.2) is 14.0 Å². The Kier molecular flexibility index (Phi) is 4.91. The van der Waals surface area contributed by atoms with E-state index in [2.05, 4.69) is 0 Å². The van der Waals surface area contributed by atoms with E-state index in [1.807, 2.05) is 13.8 Å². The van der Waals surface area contributed by atoms with Gasteiger partial charge in [0, 0.05) is 36.8 Å². The molecule has 31 heavy (non-hydrogen) atoms. The second-order valence-corrected chi connectivity index (χ2v) is 9.08. The van der Waals surface area contributed by atoms with Gasteiger partial charge in [0.25, 0.3) is 0 Å². The number of benzene rings is 1. The fraction of sp³-hybridized carbons (Fsp3) is 0.435. The van der Waals surface area contributed by atoms with Crippen LogP contribution in [-0.2, 0) is 6.42 Å². The number of carboxylic acids is 2. The average molecular weight is 428 g/mol. The summed E-state index contributed by atoms with van der Waals surface area (Å²) in [6.07, 6.45) is 2.24. The molecule has 0 saturated carbocycles. The maximum atomic E-state index is 14.5. The SMILES string of the molecule is CC(C)C1Cc2cc(N3CCC(C)(F)C3)c(C(=O)O)cc2-c2cc(=O)c(C(=O)O)cn21. The van der Waals surface area contributed by atoms with E-state index in [4.69, 9.17) is 0 Å². The highest BCUT2D eigenvalue weighted by Crippen LogP contribution is 2.41. The summed E-state index contributed by atoms with van der Waals surface area (Å²) in [5, 5.41) is 19.2. The Morgan fingerprint density at radius 1 is 1.16 bits per heavy atom. The molecule has 7 nitrogen and oxygen atoms in total. The van der Waals surface area contributed by atoms with Crippen molar-refractivity contribution in [3.63, 3.8) is 0 Å². The molecule has 1 aromatic carbocycles. The molecule has 0 aliphatic carbocycles. The Hall–Kier alpha value is -3.16. The predicted octanol–water partition coefficient (Wildman–Crippen LogP) is 3.60. The lowest BCUT2D eigenvalue weighted by Crippen LogP contribution is -2.30. The van der Waals surface area contributed by atoms with Gasteiger partial charge in [-0.3, -0.25) is 4.79 Å². The molecule has 8 heteroatoms. The molecular formula is C23H25FN2O5. The zero-order valence-electron chi connectivity index (χ0n) is 17.7. The van der Waals surface area contributed by atoms with E-state index in [-0.39, 0.29) is 29.6 Å². The largest absolute Gasteiger partial charge is 0.478 e. The van der Waals surface area contributed by atoms with Crippen LogP contribution in [0.15, 0.2) is 29.2 Å². The van der Waals surface area contributed by atoms with E-state index in [0.29, 0.717) is 36.3 Å². The highest BCUT2D eigenvalue weighted by atomic mass is 19.1. The number of fused-ring (bicyclic) bond motifs is 3. The second kappa shape index (κ2) is 7.21. The number of aromatic nitrogens is 1. The summed E-state index contributed by atoms with van der Waals surface area (Å²) < 4.78 is 16.2. The van der Waals surface area contributed by atoms with Gasteiger partial charge in [-0.15, -0.1) is 0 Å². The Labute approximate surface area is 178 Å². The normalized spacial score (nSPS) is 22.4. The van der Waals surface area contributed by atoms with Crippen LogP contribution in [-0.4, -0.2) is 45.5 Å². The third-order valence-electron chi connectivity index (χ3n) is 6.36. The number of alkyl halides is 1. The molecule has 164 valence electrons. The quantitative estimate of drug-likeness (QED) is 0.772. The van der Waals surface area contributed by atoms with E-state index in [9.17, 15) is 29.0 Å². The first-order valence-corrected chi connectivity index (χ1v) is 10.3. The number of carbonyl (C=O) groups is 2. The molecule has 4 rings (SSSR count). The molecule has 2 aliphatic heterocycles. The van der Waals surface area contributed by atoms with Gasteiger partial charge in [0.05, 0.1) is 23.5 Å². The molecule has 1 aromatic heterocycles. The number of hydrogen-bond acceptors (Lipinski definition) is 4. The van der Waals surface area contributed by atoms with E-state index in [0.717, 1.165) is 5.56 Å². The molecule has 0 amide bonds. The summed E-state index contributed by atoms with van der Waals surface area (Å²) in [5.41, 5.74) is 0.173. The van der Waals surface area contributed by atoms with Crippen LogP contribution in [0, 0.1) is 5.92 Å². The standard InChI is InChI=1S/C23H25FN2O5/c1-12(2)17-6-13-7-18(25-5-4-23(3,24)11-25)15(21(28)29)8-14(13)19-9-20(27)16(22(30)31)10-26(17)19/h7-10,12,17H,4-6,11H2,1-3H3,(H,28,29)(H,30,31). The zero-order valence-corrected chi connectivity index (χ0v) is 17.7. The van der Waals surface area contributed by atoms with Gasteiger partial charge in [0.15, 0.2) is 5.43 Å². The molecule has 0 spiro atoms. The Bertz CT molecular complexity index is 1150. The average Bonchev–Trinajstić information content (AvgIpc) is 3.05. The minimum Gasteiger partial charge on any atom is -0.478 e. The fourth-order valence-electron chi connectivity index (χ4n) is 4.68. The van der Waals surface area contributed by atoms with Gasteiger partial charge in [-0.2, -0.15) is 0 Å². The van der Waals surface area contributed by atoms with Crippen LogP contribution in [0.25, 0.3) is 11.3 Å². The lowest BCUT2D eigenvalue weighted by molar-refractivity contribution is 0.0685. The molecule has 0 radical (unpaired) electrons. The van der Waals surface area contributed by atoms with Crippen LogP contribution in [0.5, 0.6) is 0 Å². The molecule has 1 saturated heterocycles. The summed E-state index contributed by atoms with van der Waals surface area (Å²) in [5.74, 6) is -2.29. The topological polar surface area (TPSA) is 99.8 Å². The maximum Gasteiger partial charge on any atom is 0.341 e. The Morgan fingerprint density at radius 2 is 1.84 bits per heavy atom. The summed E-state index contributed by atoms with van der Waals surface area (Å²) >= 11 is 0. The lowest BCUT2D eigenvalue weighted by Gasteiger charge is -2.34. The highest BCUT2D eigenvalue weighted by Gasteiger charge is 2.36. The van der Waals surface area contributed by atoms with E-state index < -0.39 is 23.0 Å². The molecule has 2 unspecified atom stereocenters. The van der Waals surface area contributed by atoms with Crippen molar-refractivity contribution in [3.05, 3.63) is 51.3 Å². The number of anilines is 1. The van der Waals surface area contributed by atoms with Gasteiger partial charge in [-0.1, -0.05) is 13.8 Å². The first-order valence-electron chi connectivity index (χ1n) is 10.3. The second-order valence-electron chi connectivity index (χ2n) is 9.08. The minimum atomic E-state index is -1.38. The van der Waals surface area contributed by atoms with Crippen molar-refractivity contribution in [2.45, 2.75) is 45.3 Å². The number of pyridine rings is 1. The Balaban J connectivity index is 1.94. The number of hydrogen-bond donors (Lipinski definition) is 2. The van der Waals surface area contributed by atoms with Crippen LogP contribution in [0.4, 0.5) is 10.1 Å². The number of aromatic carboxylic acids is 2. The van der Waals surface area contributed by atoms with Crippen molar-refractivity contribution < 1.29 is 24.2 Å². The summed E-state index contributed by atoms with van der Waals surface area (Å²) in [6, 6.07) is 4.50. The van der Waals surface area contributed by atoms with Crippen LogP contribution in [0.3, 0.4) is 0 Å². The minimum absolute atomic E-state index is 0.0424. The van der Waals surface area contributed by atoms with Crippen molar-refractivity contribution in [2.75, 3.05) is 18.0 Å². The monoisotopic (exact) mass is 428 g/mol. The lowest BCUT2D eigenvalue weighted by atomic mass is 9.86. The van der Waals surface area contributed by atoms with Crippen molar-refractivity contribution in [2.24, 2.45) is 5.92 Å². The third kappa shape index (κ3) is 3.60. The molecule has 1 fully saturated rings. The van der Waals surface area contributed by atoms with Gasteiger partial charge in [-0.05, 0) is 37.0 Å². The molecular weight excluding hydrogens is 403 g/mol. The smallest absolute Gasteiger partial charge is 0.341 e. The fourth-order valence-corrected chi connectivity index (χ4v) is 4.68. The summed E-state index contributed by atoms with van der Waals surface area (Å²) in [4.78, 5) is 37.7. The molecule has 2 aliphatic rings. The van der Waals surface area contributed by atoms with E-state index >= 15 is 0 Å². The van der Waals surface area contributed by atoms with Crippen molar-refractivity contribution in [1.29, 1.82) is 0 Å². The number of nitrogens with zero attached hydrogens (tertiary/aromatic N) is 2. The molecule has 0 bridgehead atoms. The number of carboxylic acid groups (broad SMARTS) is 2. The maximum absolute atomic E-state index is 14.5. The van der Waals surface area contributed by atoms with Gasteiger partial charge >= 0.3 is 11.9 Å².